The Balaban J connectivity index is 1.72. The Morgan fingerprint density at radius 2 is 1.89 bits per heavy atom. The predicted octanol–water partition coefficient (Wildman–Crippen LogP) is 2.36. The van der Waals surface area contributed by atoms with Crippen molar-refractivity contribution in [1.29, 1.82) is 0 Å². The smallest absolute Gasteiger partial charge is 0.0728 e. The zero-order valence-corrected chi connectivity index (χ0v) is 12.8. The van der Waals surface area contributed by atoms with Crippen LogP contribution in [0.4, 0.5) is 0 Å². The Morgan fingerprint density at radius 1 is 1.05 bits per heavy atom. The Hall–Kier alpha value is -0.120. The summed E-state index contributed by atoms with van der Waals surface area (Å²) in [4.78, 5) is 5.52. The summed E-state index contributed by atoms with van der Waals surface area (Å²) in [6, 6.07) is 2.13. The van der Waals surface area contributed by atoms with Gasteiger partial charge in [0.1, 0.15) is 0 Å². The lowest BCUT2D eigenvalue weighted by molar-refractivity contribution is -0.0429. The SMILES string of the molecule is CC(C)C1CN2CCCC2CN1C(C)C1CCCO1. The molecule has 3 fully saturated rings. The lowest BCUT2D eigenvalue weighted by atomic mass is 9.94. The molecule has 0 bridgehead atoms. The molecule has 0 aromatic carbocycles. The first-order chi connectivity index (χ1) is 9.16. The van der Waals surface area contributed by atoms with Gasteiger partial charge < -0.3 is 4.74 Å². The Labute approximate surface area is 118 Å². The van der Waals surface area contributed by atoms with Gasteiger partial charge in [-0.05, 0) is 45.1 Å². The molecule has 4 atom stereocenters. The zero-order chi connectivity index (χ0) is 13.4. The van der Waals surface area contributed by atoms with Gasteiger partial charge in [-0.25, -0.2) is 0 Å². The van der Waals surface area contributed by atoms with E-state index in [0.29, 0.717) is 18.2 Å². The molecule has 19 heavy (non-hydrogen) atoms. The maximum Gasteiger partial charge on any atom is 0.0728 e. The molecule has 0 spiro atoms. The summed E-state index contributed by atoms with van der Waals surface area (Å²) in [5, 5.41) is 0. The molecule has 3 nitrogen and oxygen atoms in total. The summed E-state index contributed by atoms with van der Waals surface area (Å²) < 4.78 is 5.95. The highest BCUT2D eigenvalue weighted by molar-refractivity contribution is 4.96. The van der Waals surface area contributed by atoms with Crippen LogP contribution in [0.25, 0.3) is 0 Å². The molecule has 0 saturated carbocycles. The van der Waals surface area contributed by atoms with Gasteiger partial charge in [-0.2, -0.15) is 0 Å². The van der Waals surface area contributed by atoms with Gasteiger partial charge in [0, 0.05) is 37.8 Å². The minimum atomic E-state index is 0.481. The van der Waals surface area contributed by atoms with Crippen molar-refractivity contribution >= 4 is 0 Å². The van der Waals surface area contributed by atoms with Crippen molar-refractivity contribution in [2.45, 2.75) is 70.7 Å². The molecule has 3 heteroatoms. The molecular formula is C16H30N2O. The van der Waals surface area contributed by atoms with Crippen LogP contribution in [-0.4, -0.2) is 60.3 Å². The highest BCUT2D eigenvalue weighted by atomic mass is 16.5. The second kappa shape index (κ2) is 5.71. The van der Waals surface area contributed by atoms with E-state index >= 15 is 0 Å². The Kier molecular flexibility index (Phi) is 4.16. The van der Waals surface area contributed by atoms with E-state index < -0.39 is 0 Å². The number of ether oxygens (including phenoxy) is 1. The second-order valence-corrected chi connectivity index (χ2v) is 7.09. The number of hydrogen-bond acceptors (Lipinski definition) is 3. The van der Waals surface area contributed by atoms with E-state index in [-0.39, 0.29) is 0 Å². The average Bonchev–Trinajstić information content (AvgIpc) is 3.06. The van der Waals surface area contributed by atoms with Crippen LogP contribution in [0.3, 0.4) is 0 Å². The molecule has 3 aliphatic rings. The first kappa shape index (κ1) is 13.8. The number of rotatable bonds is 3. The molecule has 110 valence electrons. The van der Waals surface area contributed by atoms with Crippen LogP contribution in [0.1, 0.15) is 46.5 Å². The molecule has 0 aromatic heterocycles. The summed E-state index contributed by atoms with van der Waals surface area (Å²) in [5.41, 5.74) is 0. The molecule has 0 amide bonds. The lowest BCUT2D eigenvalue weighted by Gasteiger charge is -2.49. The molecule has 0 aromatic rings. The summed E-state index contributed by atoms with van der Waals surface area (Å²) in [7, 11) is 0. The maximum absolute atomic E-state index is 5.95. The number of hydrogen-bond donors (Lipinski definition) is 0. The quantitative estimate of drug-likeness (QED) is 0.780. The molecule has 0 radical (unpaired) electrons. The van der Waals surface area contributed by atoms with Crippen molar-refractivity contribution in [3.63, 3.8) is 0 Å². The van der Waals surface area contributed by atoms with E-state index in [1.807, 2.05) is 0 Å². The maximum atomic E-state index is 5.95. The molecule has 3 saturated heterocycles. The molecule has 0 N–H and O–H groups in total. The van der Waals surface area contributed by atoms with Crippen molar-refractivity contribution in [2.24, 2.45) is 5.92 Å². The normalized spacial score (nSPS) is 38.8. The summed E-state index contributed by atoms with van der Waals surface area (Å²) in [5.74, 6) is 0.741. The predicted molar refractivity (Wildman–Crippen MR) is 78.4 cm³/mol. The van der Waals surface area contributed by atoms with Crippen molar-refractivity contribution in [3.8, 4) is 0 Å². The Morgan fingerprint density at radius 3 is 2.58 bits per heavy atom. The van der Waals surface area contributed by atoms with Crippen LogP contribution in [0, 0.1) is 5.92 Å². The highest BCUT2D eigenvalue weighted by Gasteiger charge is 2.41. The van der Waals surface area contributed by atoms with Gasteiger partial charge in [-0.3, -0.25) is 9.80 Å². The van der Waals surface area contributed by atoms with Crippen LogP contribution in [0.15, 0.2) is 0 Å². The number of nitrogens with zero attached hydrogens (tertiary/aromatic N) is 2. The first-order valence-corrected chi connectivity index (χ1v) is 8.28. The van der Waals surface area contributed by atoms with Crippen molar-refractivity contribution in [1.82, 2.24) is 9.80 Å². The average molecular weight is 266 g/mol. The molecular weight excluding hydrogens is 236 g/mol. The fraction of sp³-hybridized carbons (Fsp3) is 1.00. The van der Waals surface area contributed by atoms with E-state index in [1.54, 1.807) is 0 Å². The number of fused-ring (bicyclic) bond motifs is 1. The van der Waals surface area contributed by atoms with E-state index in [4.69, 9.17) is 4.74 Å². The van der Waals surface area contributed by atoms with Crippen molar-refractivity contribution < 1.29 is 4.74 Å². The van der Waals surface area contributed by atoms with Gasteiger partial charge in [0.2, 0.25) is 0 Å². The van der Waals surface area contributed by atoms with Gasteiger partial charge in [0.05, 0.1) is 6.10 Å². The molecule has 3 heterocycles. The lowest BCUT2D eigenvalue weighted by Crippen LogP contribution is -2.62. The van der Waals surface area contributed by atoms with Crippen molar-refractivity contribution in [2.75, 3.05) is 26.2 Å². The number of piperazine rings is 1. The van der Waals surface area contributed by atoms with Crippen LogP contribution >= 0.6 is 0 Å². The monoisotopic (exact) mass is 266 g/mol. The minimum absolute atomic E-state index is 0.481. The van der Waals surface area contributed by atoms with Gasteiger partial charge in [-0.1, -0.05) is 13.8 Å². The van der Waals surface area contributed by atoms with Crippen LogP contribution in [0.2, 0.25) is 0 Å². The molecule has 0 aliphatic carbocycles. The van der Waals surface area contributed by atoms with E-state index in [0.717, 1.165) is 18.6 Å². The fourth-order valence-corrected chi connectivity index (χ4v) is 4.32. The summed E-state index contributed by atoms with van der Waals surface area (Å²) in [6.45, 7) is 12.0. The topological polar surface area (TPSA) is 15.7 Å². The molecule has 3 rings (SSSR count). The fourth-order valence-electron chi connectivity index (χ4n) is 4.32. The van der Waals surface area contributed by atoms with Gasteiger partial charge in [0.15, 0.2) is 0 Å². The molecule has 4 unspecified atom stereocenters. The third-order valence-corrected chi connectivity index (χ3v) is 5.56. The van der Waals surface area contributed by atoms with E-state index in [1.165, 1.54) is 45.3 Å². The summed E-state index contributed by atoms with van der Waals surface area (Å²) >= 11 is 0. The largest absolute Gasteiger partial charge is 0.377 e. The van der Waals surface area contributed by atoms with Gasteiger partial charge in [-0.15, -0.1) is 0 Å². The second-order valence-electron chi connectivity index (χ2n) is 7.09. The third-order valence-electron chi connectivity index (χ3n) is 5.56. The van der Waals surface area contributed by atoms with E-state index in [9.17, 15) is 0 Å². The zero-order valence-electron chi connectivity index (χ0n) is 12.8. The third kappa shape index (κ3) is 2.70. The van der Waals surface area contributed by atoms with Crippen LogP contribution in [-0.2, 0) is 4.74 Å². The highest BCUT2D eigenvalue weighted by Crippen LogP contribution is 2.31. The van der Waals surface area contributed by atoms with Gasteiger partial charge >= 0.3 is 0 Å². The minimum Gasteiger partial charge on any atom is -0.377 e. The first-order valence-electron chi connectivity index (χ1n) is 8.28. The summed E-state index contributed by atoms with van der Waals surface area (Å²) in [6.07, 6.45) is 5.80. The van der Waals surface area contributed by atoms with Crippen LogP contribution < -0.4 is 0 Å². The van der Waals surface area contributed by atoms with Crippen molar-refractivity contribution in [3.05, 3.63) is 0 Å². The Bertz CT molecular complexity index is 301. The standard InChI is InChI=1S/C16H30N2O/c1-12(2)15-11-17-8-4-6-14(17)10-18(15)13(3)16-7-5-9-19-16/h12-16H,4-11H2,1-3H3. The van der Waals surface area contributed by atoms with Crippen LogP contribution in [0.5, 0.6) is 0 Å². The molecule has 3 aliphatic heterocycles. The van der Waals surface area contributed by atoms with Gasteiger partial charge in [0.25, 0.3) is 0 Å². The van der Waals surface area contributed by atoms with E-state index in [2.05, 4.69) is 30.6 Å².